The average molecular weight is 352 g/mol. The molecule has 0 aliphatic carbocycles. The Hall–Kier alpha value is -0.450. The number of hydrogen-bond donors (Lipinski definition) is 0. The van der Waals surface area contributed by atoms with Gasteiger partial charge in [0.1, 0.15) is 12.4 Å². The second-order valence-electron chi connectivity index (χ2n) is 5.86. The molecule has 2 aliphatic heterocycles. The Balaban J connectivity index is 1.96. The van der Waals surface area contributed by atoms with E-state index in [1.54, 1.807) is 6.08 Å². The Labute approximate surface area is 139 Å². The van der Waals surface area contributed by atoms with Gasteiger partial charge in [-0.2, -0.15) is 0 Å². The molecule has 0 amide bonds. The standard InChI is InChI=1S/C16H23N2OP3/c1-3-8-19-11(2)16(10-20)9-13-12-6-4-5-7-14(12)17(21)15(13)18(16)22/h3-7,13,15H,1-2,8-10,20-22H2/t13?,15?,16-/m0/s1. The minimum Gasteiger partial charge on any atom is -0.493 e. The van der Waals surface area contributed by atoms with E-state index in [1.165, 1.54) is 11.3 Å². The number of ether oxygens (including phenoxy) is 1. The summed E-state index contributed by atoms with van der Waals surface area (Å²) in [5, 5.41) is 0. The molecule has 1 saturated heterocycles. The SMILES string of the molecule is C=CCOC(=C)[C@@]1(CP)CC2c3ccccc3N(P)C2N1P. The zero-order valence-electron chi connectivity index (χ0n) is 12.6. The summed E-state index contributed by atoms with van der Waals surface area (Å²) < 4.78 is 10.4. The van der Waals surface area contributed by atoms with E-state index in [9.17, 15) is 0 Å². The molecule has 22 heavy (non-hydrogen) atoms. The molecule has 2 aliphatic rings. The van der Waals surface area contributed by atoms with Crippen molar-refractivity contribution >= 4 is 33.7 Å². The summed E-state index contributed by atoms with van der Waals surface area (Å²) >= 11 is 0. The highest BCUT2D eigenvalue weighted by atomic mass is 31.0. The molecular weight excluding hydrogens is 329 g/mol. The van der Waals surface area contributed by atoms with Crippen molar-refractivity contribution in [3.63, 3.8) is 0 Å². The first-order chi connectivity index (χ1) is 10.6. The van der Waals surface area contributed by atoms with Gasteiger partial charge < -0.3 is 9.41 Å². The number of benzene rings is 1. The lowest BCUT2D eigenvalue weighted by atomic mass is 9.89. The lowest BCUT2D eigenvalue weighted by Gasteiger charge is -2.40. The summed E-state index contributed by atoms with van der Waals surface area (Å²) in [6, 6.07) is 8.64. The molecule has 3 nitrogen and oxygen atoms in total. The molecular formula is C16H23N2OP3. The first-order valence-electron chi connectivity index (χ1n) is 7.37. The lowest BCUT2D eigenvalue weighted by molar-refractivity contribution is 0.149. The van der Waals surface area contributed by atoms with E-state index in [-0.39, 0.29) is 11.7 Å². The minimum atomic E-state index is -0.184. The van der Waals surface area contributed by atoms with Crippen molar-refractivity contribution in [2.45, 2.75) is 24.0 Å². The Kier molecular flexibility index (Phi) is 4.64. The summed E-state index contributed by atoms with van der Waals surface area (Å²) in [5.41, 5.74) is 2.52. The Morgan fingerprint density at radius 2 is 2.14 bits per heavy atom. The van der Waals surface area contributed by atoms with E-state index in [4.69, 9.17) is 4.74 Å². The van der Waals surface area contributed by atoms with Crippen LogP contribution < -0.4 is 4.67 Å². The van der Waals surface area contributed by atoms with Gasteiger partial charge in [-0.25, -0.2) is 0 Å². The van der Waals surface area contributed by atoms with Crippen LogP contribution in [-0.4, -0.2) is 29.1 Å². The first kappa shape index (κ1) is 16.4. The maximum atomic E-state index is 5.82. The predicted molar refractivity (Wildman–Crippen MR) is 104 cm³/mol. The maximum absolute atomic E-state index is 5.82. The van der Waals surface area contributed by atoms with Gasteiger partial charge in [0.15, 0.2) is 0 Å². The van der Waals surface area contributed by atoms with Crippen LogP contribution in [0.1, 0.15) is 17.9 Å². The van der Waals surface area contributed by atoms with Crippen LogP contribution in [0.3, 0.4) is 0 Å². The van der Waals surface area contributed by atoms with Crippen LogP contribution in [0.15, 0.2) is 49.3 Å². The van der Waals surface area contributed by atoms with Crippen LogP contribution in [-0.2, 0) is 4.74 Å². The van der Waals surface area contributed by atoms with Crippen molar-refractivity contribution < 1.29 is 4.74 Å². The number of rotatable bonds is 5. The van der Waals surface area contributed by atoms with Gasteiger partial charge >= 0.3 is 0 Å². The van der Waals surface area contributed by atoms with Crippen molar-refractivity contribution in [1.82, 2.24) is 4.67 Å². The smallest absolute Gasteiger partial charge is 0.110 e. The van der Waals surface area contributed by atoms with Crippen LogP contribution in [0.5, 0.6) is 0 Å². The normalized spacial score (nSPS) is 30.0. The zero-order valence-corrected chi connectivity index (χ0v) is 16.1. The summed E-state index contributed by atoms with van der Waals surface area (Å²) in [6.07, 6.45) is 3.95. The Morgan fingerprint density at radius 3 is 2.82 bits per heavy atom. The average Bonchev–Trinajstić information content (AvgIpc) is 2.99. The molecule has 0 bridgehead atoms. The van der Waals surface area contributed by atoms with Crippen molar-refractivity contribution in [1.29, 1.82) is 0 Å². The molecule has 0 N–H and O–H groups in total. The molecule has 5 unspecified atom stereocenters. The monoisotopic (exact) mass is 352 g/mol. The predicted octanol–water partition coefficient (Wildman–Crippen LogP) is 3.53. The molecule has 1 aromatic carbocycles. The number of hydrogen-bond acceptors (Lipinski definition) is 3. The largest absolute Gasteiger partial charge is 0.493 e. The third-order valence-electron chi connectivity index (χ3n) is 4.83. The highest BCUT2D eigenvalue weighted by Crippen LogP contribution is 2.57. The number of fused-ring (bicyclic) bond motifs is 3. The molecule has 0 radical (unpaired) electrons. The van der Waals surface area contributed by atoms with E-state index in [0.29, 0.717) is 12.5 Å². The molecule has 6 heteroatoms. The molecule has 2 heterocycles. The van der Waals surface area contributed by atoms with Gasteiger partial charge in [0.05, 0.1) is 11.7 Å². The van der Waals surface area contributed by atoms with Crippen LogP contribution in [0.25, 0.3) is 0 Å². The summed E-state index contributed by atoms with van der Waals surface area (Å²) in [5.74, 6) is 1.28. The number of nitrogens with zero attached hydrogens (tertiary/aromatic N) is 2. The van der Waals surface area contributed by atoms with Crippen LogP contribution in [0.2, 0.25) is 0 Å². The van der Waals surface area contributed by atoms with Gasteiger partial charge in [0, 0.05) is 11.6 Å². The molecule has 0 saturated carbocycles. The molecule has 1 fully saturated rings. The molecule has 118 valence electrons. The maximum Gasteiger partial charge on any atom is 0.110 e. The number of para-hydroxylation sites is 1. The van der Waals surface area contributed by atoms with Crippen molar-refractivity contribution in [3.8, 4) is 0 Å². The van der Waals surface area contributed by atoms with E-state index in [0.717, 1.165) is 18.3 Å². The third kappa shape index (κ3) is 2.26. The Bertz CT molecular complexity index is 609. The fourth-order valence-corrected chi connectivity index (χ4v) is 5.92. The molecule has 6 atom stereocenters. The summed E-state index contributed by atoms with van der Waals surface area (Å²) in [4.78, 5) is 0. The van der Waals surface area contributed by atoms with Gasteiger partial charge in [-0.3, -0.25) is 4.67 Å². The van der Waals surface area contributed by atoms with Gasteiger partial charge in [0.2, 0.25) is 0 Å². The number of anilines is 1. The summed E-state index contributed by atoms with van der Waals surface area (Å²) in [6.45, 7) is 8.44. The van der Waals surface area contributed by atoms with E-state index in [1.807, 2.05) is 0 Å². The zero-order chi connectivity index (χ0) is 15.9. The van der Waals surface area contributed by atoms with Crippen LogP contribution >= 0.6 is 28.0 Å². The molecule has 3 rings (SSSR count). The second kappa shape index (κ2) is 6.21. The highest BCUT2D eigenvalue weighted by Gasteiger charge is 2.56. The van der Waals surface area contributed by atoms with Gasteiger partial charge in [-0.15, -0.1) is 9.24 Å². The topological polar surface area (TPSA) is 15.7 Å². The summed E-state index contributed by atoms with van der Waals surface area (Å²) in [7, 11) is 8.65. The molecule has 0 aromatic heterocycles. The van der Waals surface area contributed by atoms with Gasteiger partial charge in [-0.05, 0) is 33.6 Å². The quantitative estimate of drug-likeness (QED) is 0.458. The lowest BCUT2D eigenvalue weighted by Crippen LogP contribution is -2.47. The second-order valence-corrected chi connectivity index (χ2v) is 7.38. The van der Waals surface area contributed by atoms with E-state index in [2.05, 4.69) is 74.8 Å². The van der Waals surface area contributed by atoms with Crippen LogP contribution in [0, 0.1) is 0 Å². The highest BCUT2D eigenvalue weighted by molar-refractivity contribution is 7.19. The fourth-order valence-electron chi connectivity index (χ4n) is 3.65. The van der Waals surface area contributed by atoms with Crippen LogP contribution in [0.4, 0.5) is 5.69 Å². The molecule has 0 spiro atoms. The third-order valence-corrected chi connectivity index (χ3v) is 6.89. The van der Waals surface area contributed by atoms with Crippen molar-refractivity contribution in [3.05, 3.63) is 54.8 Å². The Morgan fingerprint density at radius 1 is 1.41 bits per heavy atom. The van der Waals surface area contributed by atoms with E-state index < -0.39 is 0 Å². The van der Waals surface area contributed by atoms with E-state index >= 15 is 0 Å². The van der Waals surface area contributed by atoms with Gasteiger partial charge in [-0.1, -0.05) is 46.8 Å². The minimum absolute atomic E-state index is 0.184. The van der Waals surface area contributed by atoms with Crippen molar-refractivity contribution in [2.75, 3.05) is 17.4 Å². The van der Waals surface area contributed by atoms with Crippen molar-refractivity contribution in [2.24, 2.45) is 0 Å². The first-order valence-corrected chi connectivity index (χ1v) is 9.22. The fraction of sp³-hybridized carbons (Fsp3) is 0.375. The molecule has 1 aromatic rings. The van der Waals surface area contributed by atoms with Gasteiger partial charge in [0.25, 0.3) is 0 Å².